The summed E-state index contributed by atoms with van der Waals surface area (Å²) in [5, 5.41) is 0. The van der Waals surface area contributed by atoms with Crippen molar-refractivity contribution in [2.75, 3.05) is 0 Å². The lowest BCUT2D eigenvalue weighted by molar-refractivity contribution is 0.112. The molecule has 4 rings (SSSR count). The maximum Gasteiger partial charge on any atom is 0.160 e. The second-order valence-corrected chi connectivity index (χ2v) is 12.6. The first-order chi connectivity index (χ1) is 17.1. The second-order valence-electron chi connectivity index (χ2n) is 9.02. The van der Waals surface area contributed by atoms with Crippen molar-refractivity contribution in [3.05, 3.63) is 56.4 Å². The minimum Gasteiger partial charge on any atom is -0.297 e. The van der Waals surface area contributed by atoms with Crippen LogP contribution in [0, 0.1) is 0 Å². The third kappa shape index (κ3) is 6.46. The number of nitrogens with zero attached hydrogens (tertiary/aromatic N) is 2. The maximum atomic E-state index is 11.4. The number of aryl methyl sites for hydroxylation is 2. The summed E-state index contributed by atoms with van der Waals surface area (Å²) in [6.45, 7) is 4.50. The van der Waals surface area contributed by atoms with Crippen LogP contribution in [-0.4, -0.2) is 16.3 Å². The molecule has 4 aromatic rings. The van der Waals surface area contributed by atoms with Crippen LogP contribution < -0.4 is 0 Å². The SMILES string of the molecule is CCCCCCc1nc2c(-c3ccc(Br)s3)ccc(-c3ccc(C=O)s3)c2nc1CCCCCC. The Morgan fingerprint density at radius 3 is 1.71 bits per heavy atom. The molecule has 184 valence electrons. The van der Waals surface area contributed by atoms with E-state index in [1.165, 1.54) is 60.4 Å². The van der Waals surface area contributed by atoms with Crippen molar-refractivity contribution in [1.82, 2.24) is 9.97 Å². The molecular formula is C29H33BrN2OS2. The first kappa shape index (κ1) is 26.2. The van der Waals surface area contributed by atoms with Crippen LogP contribution in [0.5, 0.6) is 0 Å². The van der Waals surface area contributed by atoms with Gasteiger partial charge in [-0.05, 0) is 65.9 Å². The lowest BCUT2D eigenvalue weighted by Crippen LogP contribution is -2.05. The fourth-order valence-electron chi connectivity index (χ4n) is 4.46. The van der Waals surface area contributed by atoms with Crippen LogP contribution in [0.25, 0.3) is 31.9 Å². The smallest absolute Gasteiger partial charge is 0.160 e. The maximum absolute atomic E-state index is 11.4. The van der Waals surface area contributed by atoms with E-state index in [2.05, 4.69) is 54.0 Å². The van der Waals surface area contributed by atoms with Crippen LogP contribution in [0.4, 0.5) is 0 Å². The number of carbonyl (C=O) groups is 1. The number of thiophene rings is 2. The van der Waals surface area contributed by atoms with Gasteiger partial charge in [0.05, 0.1) is 31.1 Å². The normalized spacial score (nSPS) is 11.4. The molecule has 3 heterocycles. The molecule has 0 aliphatic rings. The van der Waals surface area contributed by atoms with Crippen LogP contribution in [0.2, 0.25) is 0 Å². The summed E-state index contributed by atoms with van der Waals surface area (Å²) in [7, 11) is 0. The summed E-state index contributed by atoms with van der Waals surface area (Å²) < 4.78 is 1.11. The fourth-order valence-corrected chi connectivity index (χ4v) is 6.72. The molecule has 0 aliphatic heterocycles. The molecule has 0 amide bonds. The predicted molar refractivity (Wildman–Crippen MR) is 155 cm³/mol. The van der Waals surface area contributed by atoms with E-state index in [-0.39, 0.29) is 0 Å². The van der Waals surface area contributed by atoms with Gasteiger partial charge in [-0.3, -0.25) is 4.79 Å². The summed E-state index contributed by atoms with van der Waals surface area (Å²) in [6.07, 6.45) is 12.7. The van der Waals surface area contributed by atoms with Crippen LogP contribution in [0.1, 0.15) is 86.3 Å². The number of hydrogen-bond acceptors (Lipinski definition) is 5. The number of unbranched alkanes of at least 4 members (excludes halogenated alkanes) is 6. The van der Waals surface area contributed by atoms with E-state index >= 15 is 0 Å². The second kappa shape index (κ2) is 12.9. The molecule has 0 atom stereocenters. The highest BCUT2D eigenvalue weighted by Crippen LogP contribution is 2.40. The Morgan fingerprint density at radius 2 is 1.26 bits per heavy atom. The van der Waals surface area contributed by atoms with E-state index in [1.54, 1.807) is 11.3 Å². The molecule has 0 aliphatic carbocycles. The highest BCUT2D eigenvalue weighted by Gasteiger charge is 2.18. The Morgan fingerprint density at radius 1 is 0.714 bits per heavy atom. The molecule has 0 radical (unpaired) electrons. The van der Waals surface area contributed by atoms with Crippen LogP contribution in [0.15, 0.2) is 40.2 Å². The highest BCUT2D eigenvalue weighted by molar-refractivity contribution is 9.11. The number of rotatable bonds is 13. The zero-order valence-corrected chi connectivity index (χ0v) is 23.8. The quantitative estimate of drug-likeness (QED) is 0.119. The summed E-state index contributed by atoms with van der Waals surface area (Å²) in [6, 6.07) is 12.5. The van der Waals surface area contributed by atoms with Crippen molar-refractivity contribution < 1.29 is 4.79 Å². The zero-order valence-electron chi connectivity index (χ0n) is 20.6. The minimum absolute atomic E-state index is 0.736. The van der Waals surface area contributed by atoms with Gasteiger partial charge in [0.2, 0.25) is 0 Å². The molecule has 1 aromatic carbocycles. The van der Waals surface area contributed by atoms with Crippen LogP contribution in [-0.2, 0) is 12.8 Å². The molecule has 0 N–H and O–H groups in total. The van der Waals surface area contributed by atoms with Gasteiger partial charge in [0.1, 0.15) is 0 Å². The van der Waals surface area contributed by atoms with Gasteiger partial charge in [0.15, 0.2) is 6.29 Å². The molecule has 0 bridgehead atoms. The highest BCUT2D eigenvalue weighted by atomic mass is 79.9. The molecule has 0 fully saturated rings. The van der Waals surface area contributed by atoms with E-state index < -0.39 is 0 Å². The Hall–Kier alpha value is -1.89. The third-order valence-corrected chi connectivity index (χ3v) is 9.06. The van der Waals surface area contributed by atoms with E-state index in [9.17, 15) is 4.79 Å². The van der Waals surface area contributed by atoms with Crippen molar-refractivity contribution in [3.63, 3.8) is 0 Å². The third-order valence-electron chi connectivity index (χ3n) is 6.36. The van der Waals surface area contributed by atoms with Crippen molar-refractivity contribution in [2.24, 2.45) is 0 Å². The van der Waals surface area contributed by atoms with Gasteiger partial charge in [-0.25, -0.2) is 9.97 Å². The topological polar surface area (TPSA) is 42.9 Å². The van der Waals surface area contributed by atoms with E-state index in [0.29, 0.717) is 0 Å². The van der Waals surface area contributed by atoms with Crippen molar-refractivity contribution in [3.8, 4) is 20.9 Å². The van der Waals surface area contributed by atoms with Gasteiger partial charge in [-0.15, -0.1) is 22.7 Å². The predicted octanol–water partition coefficient (Wildman–Crippen LogP) is 9.91. The number of fused-ring (bicyclic) bond motifs is 1. The lowest BCUT2D eigenvalue weighted by Gasteiger charge is -2.14. The van der Waals surface area contributed by atoms with Crippen LogP contribution >= 0.6 is 38.6 Å². The molecule has 0 spiro atoms. The number of aromatic nitrogens is 2. The average molecular weight is 570 g/mol. The van der Waals surface area contributed by atoms with Gasteiger partial charge >= 0.3 is 0 Å². The molecule has 6 heteroatoms. The van der Waals surface area contributed by atoms with Crippen molar-refractivity contribution >= 4 is 55.9 Å². The summed E-state index contributed by atoms with van der Waals surface area (Å²) in [5.74, 6) is 0. The van der Waals surface area contributed by atoms with Crippen molar-refractivity contribution in [1.29, 1.82) is 0 Å². The van der Waals surface area contributed by atoms with E-state index in [0.717, 1.165) is 73.4 Å². The standard InChI is InChI=1S/C29H33BrN2OS2/c1-3-5-7-9-11-23-24(12-10-8-6-4-2)32-29-22(26-17-18-27(30)35-26)15-14-21(28(29)31-23)25-16-13-20(19-33)34-25/h13-19H,3-12H2,1-2H3. The Kier molecular flexibility index (Phi) is 9.64. The number of carbonyl (C=O) groups excluding carboxylic acids is 1. The van der Waals surface area contributed by atoms with Gasteiger partial charge in [0, 0.05) is 20.9 Å². The number of halogens is 1. The van der Waals surface area contributed by atoms with Gasteiger partial charge in [-0.1, -0.05) is 64.5 Å². The van der Waals surface area contributed by atoms with Crippen LogP contribution in [0.3, 0.4) is 0 Å². The van der Waals surface area contributed by atoms with E-state index in [1.807, 2.05) is 12.1 Å². The zero-order chi connectivity index (χ0) is 24.6. The first-order valence-electron chi connectivity index (χ1n) is 12.8. The molecule has 3 aromatic heterocycles. The number of hydrogen-bond donors (Lipinski definition) is 0. The lowest BCUT2D eigenvalue weighted by atomic mass is 10.0. The molecule has 0 saturated heterocycles. The summed E-state index contributed by atoms with van der Waals surface area (Å²) >= 11 is 6.87. The minimum atomic E-state index is 0.736. The Bertz CT molecular complexity index is 1280. The number of benzene rings is 1. The average Bonchev–Trinajstić information content (AvgIpc) is 3.53. The Balaban J connectivity index is 1.84. The summed E-state index contributed by atoms with van der Waals surface area (Å²) in [5.41, 5.74) is 6.44. The molecule has 35 heavy (non-hydrogen) atoms. The molecule has 0 unspecified atom stereocenters. The van der Waals surface area contributed by atoms with Gasteiger partial charge in [-0.2, -0.15) is 0 Å². The van der Waals surface area contributed by atoms with E-state index in [4.69, 9.17) is 9.97 Å². The largest absolute Gasteiger partial charge is 0.297 e. The molecule has 0 saturated carbocycles. The molecular weight excluding hydrogens is 536 g/mol. The van der Waals surface area contributed by atoms with Crippen molar-refractivity contribution in [2.45, 2.75) is 78.1 Å². The van der Waals surface area contributed by atoms with Gasteiger partial charge < -0.3 is 0 Å². The molecule has 3 nitrogen and oxygen atoms in total. The Labute approximate surface area is 225 Å². The first-order valence-corrected chi connectivity index (χ1v) is 15.2. The van der Waals surface area contributed by atoms with Gasteiger partial charge in [0.25, 0.3) is 0 Å². The fraction of sp³-hybridized carbons (Fsp3) is 0.414. The number of aldehydes is 1. The monoisotopic (exact) mass is 568 g/mol. The summed E-state index contributed by atoms with van der Waals surface area (Å²) in [4.78, 5) is 25.0.